The number of hydrogen-bond donors (Lipinski definition) is 1. The molecule has 0 unspecified atom stereocenters. The molecular formula is C13H19N3O2. The van der Waals surface area contributed by atoms with Crippen LogP contribution in [0.4, 0.5) is 5.82 Å². The van der Waals surface area contributed by atoms with Gasteiger partial charge in [0, 0.05) is 33.4 Å². The molecule has 1 aromatic rings. The monoisotopic (exact) mass is 249 g/mol. The summed E-state index contributed by atoms with van der Waals surface area (Å²) < 4.78 is 0. The van der Waals surface area contributed by atoms with Crippen molar-refractivity contribution in [1.82, 2.24) is 9.88 Å². The summed E-state index contributed by atoms with van der Waals surface area (Å²) >= 11 is 0. The van der Waals surface area contributed by atoms with Crippen LogP contribution in [0.5, 0.6) is 0 Å². The Morgan fingerprint density at radius 1 is 1.50 bits per heavy atom. The summed E-state index contributed by atoms with van der Waals surface area (Å²) in [7, 11) is 3.82. The van der Waals surface area contributed by atoms with Crippen molar-refractivity contribution in [2.75, 3.05) is 32.1 Å². The second kappa shape index (κ2) is 5.35. The SMILES string of the molecule is CN(C)c1ccc(C(=O)N2CCC[C@H](O)C2)cn1. The largest absolute Gasteiger partial charge is 0.391 e. The minimum absolute atomic E-state index is 0.0495. The van der Waals surface area contributed by atoms with Gasteiger partial charge in [-0.15, -0.1) is 0 Å². The smallest absolute Gasteiger partial charge is 0.255 e. The number of aliphatic hydroxyl groups excluding tert-OH is 1. The highest BCUT2D eigenvalue weighted by Crippen LogP contribution is 2.15. The maximum atomic E-state index is 12.2. The molecule has 0 aromatic carbocycles. The second-order valence-corrected chi connectivity index (χ2v) is 4.85. The van der Waals surface area contributed by atoms with E-state index in [1.165, 1.54) is 0 Å². The van der Waals surface area contributed by atoms with Crippen LogP contribution >= 0.6 is 0 Å². The van der Waals surface area contributed by atoms with Crippen LogP contribution in [0.25, 0.3) is 0 Å². The first-order valence-corrected chi connectivity index (χ1v) is 6.18. The van der Waals surface area contributed by atoms with E-state index in [1.807, 2.05) is 25.1 Å². The summed E-state index contributed by atoms with van der Waals surface area (Å²) in [6.45, 7) is 1.14. The first-order valence-electron chi connectivity index (χ1n) is 6.18. The highest BCUT2D eigenvalue weighted by atomic mass is 16.3. The molecule has 18 heavy (non-hydrogen) atoms. The summed E-state index contributed by atoms with van der Waals surface area (Å²) in [6, 6.07) is 3.61. The van der Waals surface area contributed by atoms with E-state index in [1.54, 1.807) is 17.2 Å². The average molecular weight is 249 g/mol. The molecule has 5 heteroatoms. The fourth-order valence-electron chi connectivity index (χ4n) is 2.10. The van der Waals surface area contributed by atoms with Gasteiger partial charge in [-0.05, 0) is 25.0 Å². The predicted molar refractivity (Wildman–Crippen MR) is 69.7 cm³/mol. The van der Waals surface area contributed by atoms with Gasteiger partial charge in [-0.25, -0.2) is 4.98 Å². The number of rotatable bonds is 2. The molecule has 1 amide bonds. The number of pyridine rings is 1. The van der Waals surface area contributed by atoms with Crippen LogP contribution in [0.15, 0.2) is 18.3 Å². The van der Waals surface area contributed by atoms with Gasteiger partial charge in [-0.1, -0.05) is 0 Å². The van der Waals surface area contributed by atoms with Crippen LogP contribution in [-0.4, -0.2) is 54.2 Å². The molecule has 0 spiro atoms. The Morgan fingerprint density at radius 3 is 2.83 bits per heavy atom. The van der Waals surface area contributed by atoms with Crippen molar-refractivity contribution in [2.24, 2.45) is 0 Å². The second-order valence-electron chi connectivity index (χ2n) is 4.85. The Morgan fingerprint density at radius 2 is 2.28 bits per heavy atom. The topological polar surface area (TPSA) is 56.7 Å². The van der Waals surface area contributed by atoms with E-state index in [9.17, 15) is 9.90 Å². The molecule has 1 fully saturated rings. The molecule has 5 nitrogen and oxygen atoms in total. The third-order valence-electron chi connectivity index (χ3n) is 3.14. The first kappa shape index (κ1) is 12.8. The van der Waals surface area contributed by atoms with Gasteiger partial charge in [0.15, 0.2) is 0 Å². The number of piperidine rings is 1. The van der Waals surface area contributed by atoms with Crippen LogP contribution in [0.3, 0.4) is 0 Å². The Hall–Kier alpha value is -1.62. The lowest BCUT2D eigenvalue weighted by Crippen LogP contribution is -2.42. The number of nitrogens with zero attached hydrogens (tertiary/aromatic N) is 3. The van der Waals surface area contributed by atoms with Crippen LogP contribution in [0, 0.1) is 0 Å². The van der Waals surface area contributed by atoms with E-state index in [-0.39, 0.29) is 5.91 Å². The molecule has 2 rings (SSSR count). The highest BCUT2D eigenvalue weighted by molar-refractivity contribution is 5.94. The molecule has 1 aromatic heterocycles. The van der Waals surface area contributed by atoms with Gasteiger partial charge in [-0.3, -0.25) is 4.79 Å². The lowest BCUT2D eigenvalue weighted by molar-refractivity contribution is 0.0473. The van der Waals surface area contributed by atoms with Crippen LogP contribution in [0.1, 0.15) is 23.2 Å². The number of amides is 1. The lowest BCUT2D eigenvalue weighted by atomic mass is 10.1. The normalized spacial score (nSPS) is 19.7. The molecule has 1 atom stereocenters. The van der Waals surface area contributed by atoms with E-state index in [0.29, 0.717) is 18.7 Å². The maximum absolute atomic E-state index is 12.2. The van der Waals surface area contributed by atoms with Crippen molar-refractivity contribution < 1.29 is 9.90 Å². The van der Waals surface area contributed by atoms with E-state index < -0.39 is 6.10 Å². The molecule has 0 aliphatic carbocycles. The van der Waals surface area contributed by atoms with Crippen molar-refractivity contribution >= 4 is 11.7 Å². The number of aromatic nitrogens is 1. The van der Waals surface area contributed by atoms with Gasteiger partial charge in [0.25, 0.3) is 5.91 Å². The summed E-state index contributed by atoms with van der Waals surface area (Å²) in [5, 5.41) is 9.58. The van der Waals surface area contributed by atoms with Gasteiger partial charge in [0.2, 0.25) is 0 Å². The molecule has 2 heterocycles. The third-order valence-corrected chi connectivity index (χ3v) is 3.14. The highest BCUT2D eigenvalue weighted by Gasteiger charge is 2.23. The molecule has 1 aliphatic heterocycles. The van der Waals surface area contributed by atoms with Crippen molar-refractivity contribution in [1.29, 1.82) is 0 Å². The minimum atomic E-state index is -0.392. The number of aliphatic hydroxyl groups is 1. The van der Waals surface area contributed by atoms with Crippen LogP contribution < -0.4 is 4.90 Å². The molecule has 1 aliphatic rings. The molecule has 0 saturated carbocycles. The van der Waals surface area contributed by atoms with Crippen LogP contribution in [-0.2, 0) is 0 Å². The number of likely N-dealkylation sites (tertiary alicyclic amines) is 1. The van der Waals surface area contributed by atoms with E-state index in [0.717, 1.165) is 18.7 Å². The standard InChI is InChI=1S/C13H19N3O2/c1-15(2)12-6-5-10(8-14-12)13(18)16-7-3-4-11(17)9-16/h5-6,8,11,17H,3-4,7,9H2,1-2H3/t11-/m0/s1. The van der Waals surface area contributed by atoms with Crippen molar-refractivity contribution in [3.63, 3.8) is 0 Å². The number of β-amino-alcohol motifs (C(OH)–C–C–N with tert-alkyl or cyclic N) is 1. The molecule has 1 N–H and O–H groups in total. The third kappa shape index (κ3) is 2.79. The quantitative estimate of drug-likeness (QED) is 0.840. The number of anilines is 1. The summed E-state index contributed by atoms with van der Waals surface area (Å²) in [6.07, 6.45) is 2.84. The average Bonchev–Trinajstić information content (AvgIpc) is 2.38. The molecular weight excluding hydrogens is 230 g/mol. The Kier molecular flexibility index (Phi) is 3.81. The minimum Gasteiger partial charge on any atom is -0.391 e. The summed E-state index contributed by atoms with van der Waals surface area (Å²) in [5.74, 6) is 0.775. The zero-order valence-electron chi connectivity index (χ0n) is 10.8. The first-order chi connectivity index (χ1) is 8.58. The zero-order valence-corrected chi connectivity index (χ0v) is 10.8. The predicted octanol–water partition coefficient (Wildman–Crippen LogP) is 0.745. The van der Waals surface area contributed by atoms with Crippen LogP contribution in [0.2, 0.25) is 0 Å². The molecule has 98 valence electrons. The van der Waals surface area contributed by atoms with Crippen molar-refractivity contribution in [3.8, 4) is 0 Å². The number of carbonyl (C=O) groups excluding carboxylic acids is 1. The Bertz CT molecular complexity index is 417. The fraction of sp³-hybridized carbons (Fsp3) is 0.538. The van der Waals surface area contributed by atoms with Gasteiger partial charge in [0.05, 0.1) is 11.7 Å². The maximum Gasteiger partial charge on any atom is 0.255 e. The molecule has 1 saturated heterocycles. The Balaban J connectivity index is 2.08. The number of hydrogen-bond acceptors (Lipinski definition) is 4. The van der Waals surface area contributed by atoms with E-state index >= 15 is 0 Å². The van der Waals surface area contributed by atoms with E-state index in [4.69, 9.17) is 0 Å². The van der Waals surface area contributed by atoms with Gasteiger partial charge in [-0.2, -0.15) is 0 Å². The van der Waals surface area contributed by atoms with E-state index in [2.05, 4.69) is 4.98 Å². The summed E-state index contributed by atoms with van der Waals surface area (Å²) in [5.41, 5.74) is 0.578. The van der Waals surface area contributed by atoms with Gasteiger partial charge in [0.1, 0.15) is 5.82 Å². The summed E-state index contributed by atoms with van der Waals surface area (Å²) in [4.78, 5) is 20.0. The van der Waals surface area contributed by atoms with Crippen molar-refractivity contribution in [3.05, 3.63) is 23.9 Å². The molecule has 0 radical (unpaired) electrons. The fourth-order valence-corrected chi connectivity index (χ4v) is 2.10. The van der Waals surface area contributed by atoms with Gasteiger partial charge < -0.3 is 14.9 Å². The molecule has 0 bridgehead atoms. The van der Waals surface area contributed by atoms with Crippen molar-refractivity contribution in [2.45, 2.75) is 18.9 Å². The zero-order chi connectivity index (χ0) is 13.1. The van der Waals surface area contributed by atoms with Gasteiger partial charge >= 0.3 is 0 Å². The lowest BCUT2D eigenvalue weighted by Gasteiger charge is -2.30. The number of carbonyl (C=O) groups is 1. The Labute approximate surface area is 107 Å².